The van der Waals surface area contributed by atoms with Gasteiger partial charge in [0.25, 0.3) is 0 Å². The maximum Gasteiger partial charge on any atom is -0.00487 e. The zero-order valence-electron chi connectivity index (χ0n) is 8.13. The highest BCUT2D eigenvalue weighted by Gasteiger charge is 2.36. The summed E-state index contributed by atoms with van der Waals surface area (Å²) < 4.78 is 0. The van der Waals surface area contributed by atoms with Gasteiger partial charge in [-0.2, -0.15) is 0 Å². The van der Waals surface area contributed by atoms with Gasteiger partial charge in [0, 0.05) is 0 Å². The molecule has 1 nitrogen and oxygen atoms in total. The molecule has 2 bridgehead atoms. The Morgan fingerprint density at radius 3 is 2.25 bits per heavy atom. The molecular weight excluding hydrogens is 146 g/mol. The zero-order chi connectivity index (χ0) is 8.55. The fourth-order valence-electron chi connectivity index (χ4n) is 3.36. The van der Waals surface area contributed by atoms with Crippen molar-refractivity contribution in [1.82, 2.24) is 0 Å². The molecule has 0 heterocycles. The molecule has 2 unspecified atom stereocenters. The Labute approximate surface area is 75.7 Å². The van der Waals surface area contributed by atoms with Gasteiger partial charge in [-0.1, -0.05) is 26.2 Å². The molecule has 2 fully saturated rings. The van der Waals surface area contributed by atoms with Gasteiger partial charge in [0.2, 0.25) is 0 Å². The molecule has 2 aliphatic rings. The lowest BCUT2D eigenvalue weighted by Gasteiger charge is -2.44. The van der Waals surface area contributed by atoms with Crippen LogP contribution in [0.3, 0.4) is 0 Å². The maximum absolute atomic E-state index is 5.75. The lowest BCUT2D eigenvalue weighted by molar-refractivity contribution is 0.0705. The summed E-state index contributed by atoms with van der Waals surface area (Å²) in [5.41, 5.74) is 5.75. The average molecular weight is 167 g/mol. The predicted octanol–water partition coefficient (Wildman–Crippen LogP) is 2.41. The summed E-state index contributed by atoms with van der Waals surface area (Å²) in [6.45, 7) is 3.39. The molecule has 2 atom stereocenters. The van der Waals surface area contributed by atoms with Gasteiger partial charge in [0.15, 0.2) is 0 Å². The van der Waals surface area contributed by atoms with Crippen molar-refractivity contribution in [3.05, 3.63) is 0 Å². The van der Waals surface area contributed by atoms with Crippen LogP contribution in [-0.4, -0.2) is 6.54 Å². The maximum atomic E-state index is 5.75. The molecular formula is C11H21N. The third kappa shape index (κ3) is 1.39. The summed E-state index contributed by atoms with van der Waals surface area (Å²) in [5.74, 6) is 3.90. The molecule has 0 aromatic carbocycles. The SMILES string of the molecule is CC1C2CCCC1CC(CN)C2. The highest BCUT2D eigenvalue weighted by molar-refractivity contribution is 4.87. The molecule has 1 heteroatoms. The fraction of sp³-hybridized carbons (Fsp3) is 1.00. The second kappa shape index (κ2) is 3.37. The van der Waals surface area contributed by atoms with Crippen molar-refractivity contribution in [3.63, 3.8) is 0 Å². The first kappa shape index (κ1) is 8.55. The molecule has 2 N–H and O–H groups in total. The van der Waals surface area contributed by atoms with Gasteiger partial charge >= 0.3 is 0 Å². The van der Waals surface area contributed by atoms with Crippen molar-refractivity contribution >= 4 is 0 Å². The highest BCUT2D eigenvalue weighted by atomic mass is 14.6. The van der Waals surface area contributed by atoms with Crippen molar-refractivity contribution in [3.8, 4) is 0 Å². The van der Waals surface area contributed by atoms with E-state index in [0.29, 0.717) is 0 Å². The van der Waals surface area contributed by atoms with Crippen LogP contribution in [0, 0.1) is 23.7 Å². The first-order valence-corrected chi connectivity index (χ1v) is 5.51. The zero-order valence-corrected chi connectivity index (χ0v) is 8.13. The monoisotopic (exact) mass is 167 g/mol. The van der Waals surface area contributed by atoms with Gasteiger partial charge in [-0.25, -0.2) is 0 Å². The summed E-state index contributed by atoms with van der Waals surface area (Å²) in [7, 11) is 0. The molecule has 0 spiro atoms. The van der Waals surface area contributed by atoms with Gasteiger partial charge in [-0.3, -0.25) is 0 Å². The smallest absolute Gasteiger partial charge is 0.00487 e. The summed E-state index contributed by atoms with van der Waals surface area (Å²) in [6.07, 6.45) is 7.29. The third-order valence-electron chi connectivity index (χ3n) is 4.24. The van der Waals surface area contributed by atoms with E-state index in [1.807, 2.05) is 0 Å². The van der Waals surface area contributed by atoms with Crippen LogP contribution in [0.5, 0.6) is 0 Å². The van der Waals surface area contributed by atoms with E-state index in [-0.39, 0.29) is 0 Å². The van der Waals surface area contributed by atoms with Crippen molar-refractivity contribution in [2.45, 2.75) is 39.0 Å². The Kier molecular flexibility index (Phi) is 2.40. The average Bonchev–Trinajstić information content (AvgIpc) is 2.04. The number of hydrogen-bond acceptors (Lipinski definition) is 1. The Morgan fingerprint density at radius 2 is 1.75 bits per heavy atom. The first-order valence-electron chi connectivity index (χ1n) is 5.51. The molecule has 0 saturated heterocycles. The summed E-state index contributed by atoms with van der Waals surface area (Å²) in [4.78, 5) is 0. The fourth-order valence-corrected chi connectivity index (χ4v) is 3.36. The van der Waals surface area contributed by atoms with E-state index < -0.39 is 0 Å². The molecule has 0 aromatic rings. The molecule has 2 saturated carbocycles. The van der Waals surface area contributed by atoms with Gasteiger partial charge in [-0.05, 0) is 43.1 Å². The van der Waals surface area contributed by atoms with Crippen LogP contribution in [0.25, 0.3) is 0 Å². The number of fused-ring (bicyclic) bond motifs is 2. The molecule has 2 rings (SSSR count). The Hall–Kier alpha value is -0.0400. The predicted molar refractivity (Wildman–Crippen MR) is 51.8 cm³/mol. The molecule has 2 aliphatic carbocycles. The summed E-state index contributed by atoms with van der Waals surface area (Å²) in [6, 6.07) is 0. The van der Waals surface area contributed by atoms with E-state index in [2.05, 4.69) is 6.92 Å². The third-order valence-corrected chi connectivity index (χ3v) is 4.24. The van der Waals surface area contributed by atoms with E-state index in [9.17, 15) is 0 Å². The normalized spacial score (nSPS) is 47.5. The van der Waals surface area contributed by atoms with Gasteiger partial charge in [0.05, 0.1) is 0 Å². The van der Waals surface area contributed by atoms with E-state index in [1.165, 1.54) is 32.1 Å². The molecule has 0 aromatic heterocycles. The lowest BCUT2D eigenvalue weighted by Crippen LogP contribution is -2.36. The molecule has 0 amide bonds. The second-order valence-corrected chi connectivity index (χ2v) is 4.88. The van der Waals surface area contributed by atoms with Crippen molar-refractivity contribution in [2.24, 2.45) is 29.4 Å². The minimum absolute atomic E-state index is 0.858. The Bertz CT molecular complexity index is 141. The Balaban J connectivity index is 2.02. The quantitative estimate of drug-likeness (QED) is 0.637. The molecule has 0 radical (unpaired) electrons. The highest BCUT2D eigenvalue weighted by Crippen LogP contribution is 2.46. The van der Waals surface area contributed by atoms with E-state index in [0.717, 1.165) is 30.2 Å². The van der Waals surface area contributed by atoms with Crippen LogP contribution in [0.4, 0.5) is 0 Å². The Morgan fingerprint density at radius 1 is 1.17 bits per heavy atom. The van der Waals surface area contributed by atoms with E-state index in [4.69, 9.17) is 5.73 Å². The lowest BCUT2D eigenvalue weighted by atomic mass is 9.62. The van der Waals surface area contributed by atoms with Gasteiger partial charge in [0.1, 0.15) is 0 Å². The molecule has 0 aliphatic heterocycles. The number of rotatable bonds is 1. The van der Waals surface area contributed by atoms with E-state index >= 15 is 0 Å². The van der Waals surface area contributed by atoms with Crippen LogP contribution < -0.4 is 5.73 Å². The van der Waals surface area contributed by atoms with Crippen LogP contribution in [0.2, 0.25) is 0 Å². The topological polar surface area (TPSA) is 26.0 Å². The minimum atomic E-state index is 0.858. The van der Waals surface area contributed by atoms with Crippen molar-refractivity contribution < 1.29 is 0 Å². The summed E-state index contributed by atoms with van der Waals surface area (Å²) >= 11 is 0. The van der Waals surface area contributed by atoms with Crippen LogP contribution in [-0.2, 0) is 0 Å². The second-order valence-electron chi connectivity index (χ2n) is 4.88. The van der Waals surface area contributed by atoms with Crippen LogP contribution in [0.15, 0.2) is 0 Å². The number of nitrogens with two attached hydrogens (primary N) is 1. The standard InChI is InChI=1S/C11H21N/c1-8-10-3-2-4-11(8)6-9(5-10)7-12/h8-11H,2-7,12H2,1H3. The largest absolute Gasteiger partial charge is 0.330 e. The van der Waals surface area contributed by atoms with E-state index in [1.54, 1.807) is 0 Å². The van der Waals surface area contributed by atoms with Crippen molar-refractivity contribution in [1.29, 1.82) is 0 Å². The first-order chi connectivity index (χ1) is 5.81. The van der Waals surface area contributed by atoms with Crippen LogP contribution in [0.1, 0.15) is 39.0 Å². The molecule has 70 valence electrons. The van der Waals surface area contributed by atoms with Crippen LogP contribution >= 0.6 is 0 Å². The van der Waals surface area contributed by atoms with Gasteiger partial charge < -0.3 is 5.73 Å². The van der Waals surface area contributed by atoms with Gasteiger partial charge in [-0.15, -0.1) is 0 Å². The van der Waals surface area contributed by atoms with Crippen molar-refractivity contribution in [2.75, 3.05) is 6.54 Å². The number of hydrogen-bond donors (Lipinski definition) is 1. The molecule has 12 heavy (non-hydrogen) atoms. The summed E-state index contributed by atoms with van der Waals surface area (Å²) in [5, 5.41) is 0. The minimum Gasteiger partial charge on any atom is -0.330 e.